The topological polar surface area (TPSA) is 92.4 Å². The van der Waals surface area contributed by atoms with Crippen LogP contribution in [0.1, 0.15) is 40.0 Å². The monoisotopic (exact) mass is 288 g/mol. The molecule has 2 rings (SSSR count). The van der Waals surface area contributed by atoms with E-state index in [1.165, 1.54) is 18.3 Å². The molecule has 110 valence electrons. The molecule has 1 unspecified atom stereocenters. The second kappa shape index (κ2) is 6.69. The summed E-state index contributed by atoms with van der Waals surface area (Å²) in [6.07, 6.45) is 4.37. The summed E-state index contributed by atoms with van der Waals surface area (Å²) in [5.41, 5.74) is 0.252. The van der Waals surface area contributed by atoms with Crippen LogP contribution in [0.2, 0.25) is 0 Å². The average Bonchev–Trinajstić information content (AvgIpc) is 2.98. The Kier molecular flexibility index (Phi) is 4.71. The summed E-state index contributed by atoms with van der Waals surface area (Å²) in [7, 11) is 0. The van der Waals surface area contributed by atoms with Gasteiger partial charge in [0.2, 0.25) is 0 Å². The molecular formula is C15H16N2O4. The van der Waals surface area contributed by atoms with Crippen molar-refractivity contribution in [3.8, 4) is 0 Å². The van der Waals surface area contributed by atoms with Crippen molar-refractivity contribution in [1.29, 1.82) is 0 Å². The Labute approximate surface area is 121 Å². The van der Waals surface area contributed by atoms with Gasteiger partial charge in [-0.3, -0.25) is 4.79 Å². The second-order valence-corrected chi connectivity index (χ2v) is 4.73. The van der Waals surface area contributed by atoms with Gasteiger partial charge in [0.25, 0.3) is 5.91 Å². The Hall–Kier alpha value is -2.63. The zero-order valence-electron chi connectivity index (χ0n) is 11.6. The van der Waals surface area contributed by atoms with E-state index in [0.29, 0.717) is 5.56 Å². The van der Waals surface area contributed by atoms with Crippen molar-refractivity contribution in [3.63, 3.8) is 0 Å². The number of pyridine rings is 1. The van der Waals surface area contributed by atoms with Gasteiger partial charge in [-0.2, -0.15) is 0 Å². The fourth-order valence-electron chi connectivity index (χ4n) is 1.85. The molecule has 0 bridgehead atoms. The normalized spacial score (nSPS) is 11.9. The van der Waals surface area contributed by atoms with Crippen LogP contribution in [0.4, 0.5) is 0 Å². The van der Waals surface area contributed by atoms with Crippen molar-refractivity contribution >= 4 is 11.9 Å². The van der Waals surface area contributed by atoms with Crippen LogP contribution in [-0.2, 0) is 6.42 Å². The molecule has 0 saturated heterocycles. The Morgan fingerprint density at radius 2 is 2.19 bits per heavy atom. The first kappa shape index (κ1) is 14.8. The van der Waals surface area contributed by atoms with E-state index in [2.05, 4.69) is 10.3 Å². The number of carbonyl (C=O) groups is 2. The SMILES string of the molecule is CC(CCc1ccco1)NC(=O)c1ccc(C(=O)O)nc1. The zero-order valence-corrected chi connectivity index (χ0v) is 11.6. The van der Waals surface area contributed by atoms with Crippen LogP contribution in [0.3, 0.4) is 0 Å². The highest BCUT2D eigenvalue weighted by molar-refractivity contribution is 5.95. The number of carboxylic acids is 1. The van der Waals surface area contributed by atoms with Gasteiger partial charge in [0, 0.05) is 18.7 Å². The van der Waals surface area contributed by atoms with Gasteiger partial charge in [0.15, 0.2) is 0 Å². The van der Waals surface area contributed by atoms with Crippen molar-refractivity contribution in [2.75, 3.05) is 0 Å². The lowest BCUT2D eigenvalue weighted by molar-refractivity contribution is 0.0689. The average molecular weight is 288 g/mol. The molecule has 0 aromatic carbocycles. The van der Waals surface area contributed by atoms with E-state index in [4.69, 9.17) is 9.52 Å². The number of furan rings is 1. The van der Waals surface area contributed by atoms with Crippen LogP contribution in [0.15, 0.2) is 41.1 Å². The number of amides is 1. The number of nitrogens with zero attached hydrogens (tertiary/aromatic N) is 1. The number of aryl methyl sites for hydroxylation is 1. The second-order valence-electron chi connectivity index (χ2n) is 4.73. The van der Waals surface area contributed by atoms with Crippen LogP contribution < -0.4 is 5.32 Å². The molecule has 6 nitrogen and oxygen atoms in total. The molecule has 6 heteroatoms. The summed E-state index contributed by atoms with van der Waals surface area (Å²) in [5, 5.41) is 11.6. The first-order valence-electron chi connectivity index (χ1n) is 6.59. The maximum absolute atomic E-state index is 12.0. The van der Waals surface area contributed by atoms with Crippen molar-refractivity contribution in [2.45, 2.75) is 25.8 Å². The molecule has 0 saturated carbocycles. The fourth-order valence-corrected chi connectivity index (χ4v) is 1.85. The van der Waals surface area contributed by atoms with Crippen molar-refractivity contribution in [1.82, 2.24) is 10.3 Å². The van der Waals surface area contributed by atoms with Gasteiger partial charge in [-0.15, -0.1) is 0 Å². The number of hydrogen-bond acceptors (Lipinski definition) is 4. The van der Waals surface area contributed by atoms with Gasteiger partial charge in [0.1, 0.15) is 11.5 Å². The van der Waals surface area contributed by atoms with Crippen molar-refractivity contribution in [3.05, 3.63) is 53.7 Å². The predicted molar refractivity (Wildman–Crippen MR) is 75.2 cm³/mol. The molecule has 2 aromatic rings. The molecule has 2 N–H and O–H groups in total. The number of aromatic carboxylic acids is 1. The van der Waals surface area contributed by atoms with E-state index in [9.17, 15) is 9.59 Å². The number of aromatic nitrogens is 1. The van der Waals surface area contributed by atoms with Crippen LogP contribution >= 0.6 is 0 Å². The first-order valence-corrected chi connectivity index (χ1v) is 6.59. The maximum Gasteiger partial charge on any atom is 0.354 e. The largest absolute Gasteiger partial charge is 0.477 e. The molecule has 0 spiro atoms. The summed E-state index contributed by atoms with van der Waals surface area (Å²) >= 11 is 0. The van der Waals surface area contributed by atoms with E-state index in [0.717, 1.165) is 18.6 Å². The van der Waals surface area contributed by atoms with Gasteiger partial charge < -0.3 is 14.8 Å². The summed E-state index contributed by atoms with van der Waals surface area (Å²) < 4.78 is 5.23. The summed E-state index contributed by atoms with van der Waals surface area (Å²) in [6.45, 7) is 1.90. The molecule has 0 aliphatic heterocycles. The van der Waals surface area contributed by atoms with Gasteiger partial charge in [-0.25, -0.2) is 9.78 Å². The van der Waals surface area contributed by atoms with E-state index >= 15 is 0 Å². The van der Waals surface area contributed by atoms with Gasteiger partial charge in [0.05, 0.1) is 11.8 Å². The minimum atomic E-state index is -1.12. The highest BCUT2D eigenvalue weighted by Gasteiger charge is 2.12. The highest BCUT2D eigenvalue weighted by atomic mass is 16.4. The minimum Gasteiger partial charge on any atom is -0.477 e. The molecule has 21 heavy (non-hydrogen) atoms. The van der Waals surface area contributed by atoms with Gasteiger partial charge >= 0.3 is 5.97 Å². The lowest BCUT2D eigenvalue weighted by Crippen LogP contribution is -2.33. The van der Waals surface area contributed by atoms with Crippen molar-refractivity contribution in [2.24, 2.45) is 0 Å². The van der Waals surface area contributed by atoms with Crippen LogP contribution in [0, 0.1) is 0 Å². The van der Waals surface area contributed by atoms with Crippen molar-refractivity contribution < 1.29 is 19.1 Å². The van der Waals surface area contributed by atoms with E-state index < -0.39 is 5.97 Å². The van der Waals surface area contributed by atoms with Gasteiger partial charge in [-0.1, -0.05) is 0 Å². The molecule has 0 radical (unpaired) electrons. The van der Waals surface area contributed by atoms with Crippen LogP contribution in [0.5, 0.6) is 0 Å². The minimum absolute atomic E-state index is 0.0262. The molecular weight excluding hydrogens is 272 g/mol. The molecule has 0 aliphatic carbocycles. The molecule has 2 heterocycles. The van der Waals surface area contributed by atoms with Gasteiger partial charge in [-0.05, 0) is 37.6 Å². The molecule has 2 aromatic heterocycles. The summed E-state index contributed by atoms with van der Waals surface area (Å²) in [6, 6.07) is 6.45. The lowest BCUT2D eigenvalue weighted by atomic mass is 10.1. The fraction of sp³-hybridized carbons (Fsp3) is 0.267. The smallest absolute Gasteiger partial charge is 0.354 e. The summed E-state index contributed by atoms with van der Waals surface area (Å²) in [4.78, 5) is 26.4. The highest BCUT2D eigenvalue weighted by Crippen LogP contribution is 2.07. The zero-order chi connectivity index (χ0) is 15.2. The Morgan fingerprint density at radius 1 is 1.38 bits per heavy atom. The third-order valence-electron chi connectivity index (χ3n) is 3.03. The lowest BCUT2D eigenvalue weighted by Gasteiger charge is -2.13. The first-order chi connectivity index (χ1) is 10.1. The predicted octanol–water partition coefficient (Wildman–Crippen LogP) is 2.12. The summed E-state index contributed by atoms with van der Waals surface area (Å²) in [5.74, 6) is -0.510. The van der Waals surface area contributed by atoms with E-state index in [-0.39, 0.29) is 17.6 Å². The molecule has 1 amide bonds. The Balaban J connectivity index is 1.86. The molecule has 0 fully saturated rings. The maximum atomic E-state index is 12.0. The third-order valence-corrected chi connectivity index (χ3v) is 3.03. The molecule has 0 aliphatic rings. The van der Waals surface area contributed by atoms with Crippen LogP contribution in [-0.4, -0.2) is 28.0 Å². The van der Waals surface area contributed by atoms with Crippen LogP contribution in [0.25, 0.3) is 0 Å². The van der Waals surface area contributed by atoms with E-state index in [1.54, 1.807) is 6.26 Å². The van der Waals surface area contributed by atoms with E-state index in [1.807, 2.05) is 19.1 Å². The Morgan fingerprint density at radius 3 is 2.76 bits per heavy atom. The standard InChI is InChI=1S/C15H16N2O4/c1-10(4-6-12-3-2-8-21-12)17-14(18)11-5-7-13(15(19)20)16-9-11/h2-3,5,7-10H,4,6H2,1H3,(H,17,18)(H,19,20). The molecule has 1 atom stereocenters. The number of carbonyl (C=O) groups excluding carboxylic acids is 1. The Bertz CT molecular complexity index is 605. The quantitative estimate of drug-likeness (QED) is 0.849. The number of rotatable bonds is 6. The number of carboxylic acid groups (broad SMARTS) is 1. The number of nitrogens with one attached hydrogen (secondary N) is 1. The third kappa shape index (κ3) is 4.17. The number of hydrogen-bond donors (Lipinski definition) is 2.